The van der Waals surface area contributed by atoms with Gasteiger partial charge in [-0.1, -0.05) is 19.9 Å². The van der Waals surface area contributed by atoms with E-state index in [1.165, 1.54) is 0 Å². The lowest BCUT2D eigenvalue weighted by Gasteiger charge is -2.27. The lowest BCUT2D eigenvalue weighted by atomic mass is 10.0. The minimum absolute atomic E-state index is 0.117. The number of nitrogens with zero attached hydrogens (tertiary/aromatic N) is 2. The quantitative estimate of drug-likeness (QED) is 0.499. The van der Waals surface area contributed by atoms with Gasteiger partial charge in [-0.3, -0.25) is 34.3 Å². The third kappa shape index (κ3) is 3.98. The molecule has 0 saturated carbocycles. The van der Waals surface area contributed by atoms with E-state index in [2.05, 4.69) is 29.4 Å². The standard InChI is InChI=1S/C20H26N4O4/c1-3-21-9-10-23(4-2)12-13-5-6-14-15(11-13)20(28)24(19(14)27)16-7-8-17(25)22-18(16)26/h5-6,11,16,21H,3-4,7-10,12H2,1-2H3,(H,22,25,26). The van der Waals surface area contributed by atoms with Gasteiger partial charge in [0.2, 0.25) is 11.8 Å². The number of rotatable bonds is 8. The fourth-order valence-corrected chi connectivity index (χ4v) is 3.64. The molecule has 3 rings (SSSR count). The molecule has 0 spiro atoms. The molecule has 4 amide bonds. The first kappa shape index (κ1) is 20.2. The maximum Gasteiger partial charge on any atom is 0.262 e. The Balaban J connectivity index is 1.76. The first-order valence-corrected chi connectivity index (χ1v) is 9.73. The Bertz CT molecular complexity index is 807. The van der Waals surface area contributed by atoms with Crippen molar-refractivity contribution in [2.24, 2.45) is 0 Å². The molecule has 1 saturated heterocycles. The van der Waals surface area contributed by atoms with Gasteiger partial charge in [-0.2, -0.15) is 0 Å². The van der Waals surface area contributed by atoms with Crippen molar-refractivity contribution in [3.8, 4) is 0 Å². The van der Waals surface area contributed by atoms with Gasteiger partial charge in [-0.05, 0) is 37.2 Å². The number of carbonyl (C=O) groups is 4. The van der Waals surface area contributed by atoms with E-state index in [0.717, 1.165) is 36.6 Å². The van der Waals surface area contributed by atoms with Crippen LogP contribution in [0.3, 0.4) is 0 Å². The average molecular weight is 386 g/mol. The minimum atomic E-state index is -0.930. The van der Waals surface area contributed by atoms with E-state index in [4.69, 9.17) is 0 Å². The van der Waals surface area contributed by atoms with E-state index in [0.29, 0.717) is 17.7 Å². The van der Waals surface area contributed by atoms with Crippen molar-refractivity contribution in [3.63, 3.8) is 0 Å². The van der Waals surface area contributed by atoms with Gasteiger partial charge in [0.15, 0.2) is 0 Å². The van der Waals surface area contributed by atoms with Crippen molar-refractivity contribution in [1.29, 1.82) is 0 Å². The molecule has 2 heterocycles. The first-order chi connectivity index (χ1) is 13.5. The van der Waals surface area contributed by atoms with Crippen molar-refractivity contribution >= 4 is 23.6 Å². The van der Waals surface area contributed by atoms with Crippen LogP contribution in [0.2, 0.25) is 0 Å². The number of amides is 4. The van der Waals surface area contributed by atoms with Crippen LogP contribution in [-0.4, -0.2) is 65.6 Å². The van der Waals surface area contributed by atoms with E-state index in [-0.39, 0.29) is 18.7 Å². The number of nitrogens with one attached hydrogen (secondary N) is 2. The van der Waals surface area contributed by atoms with Crippen molar-refractivity contribution in [2.45, 2.75) is 39.3 Å². The van der Waals surface area contributed by atoms with Crippen molar-refractivity contribution < 1.29 is 19.2 Å². The third-order valence-electron chi connectivity index (χ3n) is 5.21. The number of fused-ring (bicyclic) bond motifs is 1. The Morgan fingerprint density at radius 1 is 1.14 bits per heavy atom. The predicted molar refractivity (Wildman–Crippen MR) is 103 cm³/mol. The lowest BCUT2D eigenvalue weighted by molar-refractivity contribution is -0.136. The topological polar surface area (TPSA) is 98.8 Å². The normalized spacial score (nSPS) is 19.4. The van der Waals surface area contributed by atoms with Crippen LogP contribution in [0.1, 0.15) is 53.0 Å². The fraction of sp³-hybridized carbons (Fsp3) is 0.500. The van der Waals surface area contributed by atoms with Gasteiger partial charge in [0, 0.05) is 26.1 Å². The molecule has 8 nitrogen and oxygen atoms in total. The summed E-state index contributed by atoms with van der Waals surface area (Å²) in [5.41, 5.74) is 1.59. The van der Waals surface area contributed by atoms with Crippen LogP contribution in [0.25, 0.3) is 0 Å². The molecule has 0 bridgehead atoms. The van der Waals surface area contributed by atoms with Gasteiger partial charge in [0.25, 0.3) is 11.8 Å². The van der Waals surface area contributed by atoms with Crippen molar-refractivity contribution in [1.82, 2.24) is 20.4 Å². The first-order valence-electron chi connectivity index (χ1n) is 9.73. The monoisotopic (exact) mass is 386 g/mol. The molecule has 2 aliphatic rings. The second kappa shape index (κ2) is 8.62. The lowest BCUT2D eigenvalue weighted by Crippen LogP contribution is -2.54. The Kier molecular flexibility index (Phi) is 6.21. The highest BCUT2D eigenvalue weighted by Gasteiger charge is 2.44. The average Bonchev–Trinajstić information content (AvgIpc) is 2.92. The van der Waals surface area contributed by atoms with E-state index >= 15 is 0 Å². The Hall–Kier alpha value is -2.58. The minimum Gasteiger partial charge on any atom is -0.316 e. The Morgan fingerprint density at radius 3 is 2.57 bits per heavy atom. The predicted octanol–water partition coefficient (Wildman–Crippen LogP) is 0.519. The van der Waals surface area contributed by atoms with Crippen LogP contribution >= 0.6 is 0 Å². The van der Waals surface area contributed by atoms with Crippen molar-refractivity contribution in [3.05, 3.63) is 34.9 Å². The molecule has 1 aromatic rings. The van der Waals surface area contributed by atoms with Crippen molar-refractivity contribution in [2.75, 3.05) is 26.2 Å². The van der Waals surface area contributed by atoms with E-state index < -0.39 is 23.8 Å². The zero-order valence-corrected chi connectivity index (χ0v) is 16.3. The summed E-state index contributed by atoms with van der Waals surface area (Å²) in [7, 11) is 0. The van der Waals surface area contributed by atoms with Crippen LogP contribution < -0.4 is 10.6 Å². The second-order valence-corrected chi connectivity index (χ2v) is 7.05. The van der Waals surface area contributed by atoms with Crippen LogP contribution in [0.4, 0.5) is 0 Å². The third-order valence-corrected chi connectivity index (χ3v) is 5.21. The molecule has 0 radical (unpaired) electrons. The van der Waals surface area contributed by atoms with Crippen LogP contribution in [0, 0.1) is 0 Å². The maximum atomic E-state index is 12.9. The number of hydrogen-bond donors (Lipinski definition) is 2. The smallest absolute Gasteiger partial charge is 0.262 e. The summed E-state index contributed by atoms with van der Waals surface area (Å²) < 4.78 is 0. The van der Waals surface area contributed by atoms with Gasteiger partial charge in [0.1, 0.15) is 6.04 Å². The van der Waals surface area contributed by atoms with E-state index in [9.17, 15) is 19.2 Å². The molecule has 1 aromatic carbocycles. The molecule has 8 heteroatoms. The van der Waals surface area contributed by atoms with Crippen LogP contribution in [0.5, 0.6) is 0 Å². The van der Waals surface area contributed by atoms with Crippen LogP contribution in [0.15, 0.2) is 18.2 Å². The number of piperidine rings is 1. The molecule has 1 unspecified atom stereocenters. The molecular formula is C20H26N4O4. The number of benzene rings is 1. The molecule has 28 heavy (non-hydrogen) atoms. The number of likely N-dealkylation sites (N-methyl/N-ethyl adjacent to an activating group) is 2. The highest BCUT2D eigenvalue weighted by Crippen LogP contribution is 2.28. The summed E-state index contributed by atoms with van der Waals surface area (Å²) in [4.78, 5) is 52.3. The zero-order valence-electron chi connectivity index (χ0n) is 16.3. The summed E-state index contributed by atoms with van der Waals surface area (Å²) in [6.07, 6.45) is 0.281. The molecule has 2 N–H and O–H groups in total. The Morgan fingerprint density at radius 2 is 1.89 bits per heavy atom. The summed E-state index contributed by atoms with van der Waals surface area (Å²) in [5.74, 6) is -1.91. The fourth-order valence-electron chi connectivity index (χ4n) is 3.64. The molecule has 0 aromatic heterocycles. The van der Waals surface area contributed by atoms with Gasteiger partial charge in [-0.25, -0.2) is 0 Å². The second-order valence-electron chi connectivity index (χ2n) is 7.05. The largest absolute Gasteiger partial charge is 0.316 e. The molecule has 0 aliphatic carbocycles. The van der Waals surface area contributed by atoms with E-state index in [1.54, 1.807) is 12.1 Å². The maximum absolute atomic E-state index is 12.9. The molecule has 150 valence electrons. The summed E-state index contributed by atoms with van der Waals surface area (Å²) in [6, 6.07) is 4.33. The number of carbonyl (C=O) groups excluding carboxylic acids is 4. The van der Waals surface area contributed by atoms with E-state index in [1.807, 2.05) is 6.07 Å². The Labute approximate surface area is 164 Å². The highest BCUT2D eigenvalue weighted by molar-refractivity contribution is 6.23. The molecular weight excluding hydrogens is 360 g/mol. The van der Waals surface area contributed by atoms with Gasteiger partial charge in [-0.15, -0.1) is 0 Å². The molecule has 1 atom stereocenters. The van der Waals surface area contributed by atoms with Crippen LogP contribution in [-0.2, 0) is 16.1 Å². The SMILES string of the molecule is CCNCCN(CC)Cc1ccc2c(c1)C(=O)N(C1CCC(=O)NC1=O)C2=O. The number of hydrogen-bond acceptors (Lipinski definition) is 6. The molecule has 2 aliphatic heterocycles. The number of imide groups is 2. The zero-order chi connectivity index (χ0) is 20.3. The van der Waals surface area contributed by atoms with Gasteiger partial charge < -0.3 is 5.32 Å². The summed E-state index contributed by atoms with van der Waals surface area (Å²) in [6.45, 7) is 8.38. The molecule has 1 fully saturated rings. The summed E-state index contributed by atoms with van der Waals surface area (Å²) in [5, 5.41) is 5.50. The summed E-state index contributed by atoms with van der Waals surface area (Å²) >= 11 is 0. The highest BCUT2D eigenvalue weighted by atomic mass is 16.2. The van der Waals surface area contributed by atoms with Gasteiger partial charge in [0.05, 0.1) is 11.1 Å². The van der Waals surface area contributed by atoms with Gasteiger partial charge >= 0.3 is 0 Å².